The van der Waals surface area contributed by atoms with Crippen LogP contribution in [0.25, 0.3) is 0 Å². The summed E-state index contributed by atoms with van der Waals surface area (Å²) in [5, 5.41) is 0. The van der Waals surface area contributed by atoms with Gasteiger partial charge in [0.2, 0.25) is 5.94 Å². The summed E-state index contributed by atoms with van der Waals surface area (Å²) in [5.41, 5.74) is 0.875. The second kappa shape index (κ2) is 6.69. The Kier molecular flexibility index (Phi) is 5.89. The van der Waals surface area contributed by atoms with Crippen LogP contribution >= 0.6 is 22.6 Å². The monoisotopic (exact) mass is 355 g/mol. The molecular weight excluding hydrogens is 338 g/mol. The summed E-state index contributed by atoms with van der Waals surface area (Å²) in [6, 6.07) is 3.03. The fraction of sp³-hybridized carbons (Fsp3) is 0.500. The van der Waals surface area contributed by atoms with Gasteiger partial charge in [-0.15, -0.1) is 0 Å². The summed E-state index contributed by atoms with van der Waals surface area (Å²) in [6.45, 7) is 6.24. The molecule has 0 heterocycles. The molecule has 0 aromatic heterocycles. The Morgan fingerprint density at radius 1 is 1.31 bits per heavy atom. The summed E-state index contributed by atoms with van der Waals surface area (Å²) in [6.07, 6.45) is 0. The van der Waals surface area contributed by atoms with E-state index in [1.807, 2.05) is 6.92 Å². The predicted octanol–water partition coefficient (Wildman–Crippen LogP) is 3.73. The quantitative estimate of drug-likeness (QED) is 0.578. The first-order valence-electron chi connectivity index (χ1n) is 5.31. The molecular formula is C12H17FIOS+. The van der Waals surface area contributed by atoms with Crippen molar-refractivity contribution >= 4 is 33.5 Å². The number of aryl methyl sites for hydroxylation is 1. The molecule has 0 fully saturated rings. The van der Waals surface area contributed by atoms with Gasteiger partial charge in [0.25, 0.3) is 0 Å². The highest BCUT2D eigenvalue weighted by Crippen LogP contribution is 2.26. The molecule has 0 N–H and O–H groups in total. The summed E-state index contributed by atoms with van der Waals surface area (Å²) >= 11 is 2.12. The molecule has 0 spiro atoms. The van der Waals surface area contributed by atoms with E-state index in [1.165, 1.54) is 12.1 Å². The van der Waals surface area contributed by atoms with E-state index in [9.17, 15) is 4.39 Å². The Morgan fingerprint density at radius 3 is 2.44 bits per heavy atom. The second-order valence-corrected chi connectivity index (χ2v) is 7.26. The highest BCUT2D eigenvalue weighted by atomic mass is 127. The highest BCUT2D eigenvalue weighted by Gasteiger charge is 2.15. The molecule has 0 saturated carbocycles. The fourth-order valence-corrected chi connectivity index (χ4v) is 3.29. The van der Waals surface area contributed by atoms with Crippen LogP contribution in [0.3, 0.4) is 0 Å². The topological polar surface area (TPSA) is 9.23 Å². The lowest BCUT2D eigenvalue weighted by Crippen LogP contribution is -2.18. The zero-order valence-electron chi connectivity index (χ0n) is 9.85. The SMILES string of the molecule is CC[S+](CC)COc1c(C)cc(F)cc1I. The molecule has 4 heteroatoms. The van der Waals surface area contributed by atoms with Crippen LogP contribution in [-0.2, 0) is 10.9 Å². The molecule has 1 nitrogen and oxygen atoms in total. The molecule has 0 aliphatic rings. The van der Waals surface area contributed by atoms with Crippen LogP contribution in [0, 0.1) is 16.3 Å². The first-order chi connectivity index (χ1) is 7.58. The van der Waals surface area contributed by atoms with Gasteiger partial charge in [0.1, 0.15) is 23.1 Å². The molecule has 90 valence electrons. The molecule has 0 aliphatic heterocycles. The molecule has 0 aliphatic carbocycles. The van der Waals surface area contributed by atoms with Crippen LogP contribution in [-0.4, -0.2) is 17.4 Å². The second-order valence-electron chi connectivity index (χ2n) is 3.49. The van der Waals surface area contributed by atoms with Gasteiger partial charge in [0, 0.05) is 10.9 Å². The van der Waals surface area contributed by atoms with Crippen LogP contribution in [0.4, 0.5) is 4.39 Å². The van der Waals surface area contributed by atoms with Crippen LogP contribution in [0.5, 0.6) is 5.75 Å². The van der Waals surface area contributed by atoms with E-state index in [0.29, 0.717) is 10.9 Å². The van der Waals surface area contributed by atoms with Gasteiger partial charge >= 0.3 is 0 Å². The van der Waals surface area contributed by atoms with Crippen molar-refractivity contribution in [3.8, 4) is 5.75 Å². The minimum Gasteiger partial charge on any atom is -0.447 e. The normalized spacial score (nSPS) is 10.9. The number of hydrogen-bond donors (Lipinski definition) is 0. The minimum absolute atomic E-state index is 0.195. The summed E-state index contributed by atoms with van der Waals surface area (Å²) in [4.78, 5) is 0. The van der Waals surface area contributed by atoms with E-state index in [2.05, 4.69) is 36.4 Å². The average molecular weight is 355 g/mol. The van der Waals surface area contributed by atoms with Crippen molar-refractivity contribution in [3.05, 3.63) is 27.1 Å². The van der Waals surface area contributed by atoms with Gasteiger partial charge in [-0.25, -0.2) is 4.39 Å². The summed E-state index contributed by atoms with van der Waals surface area (Å²) < 4.78 is 19.7. The van der Waals surface area contributed by atoms with Crippen molar-refractivity contribution in [2.75, 3.05) is 17.4 Å². The van der Waals surface area contributed by atoms with Gasteiger partial charge < -0.3 is 4.74 Å². The lowest BCUT2D eigenvalue weighted by molar-refractivity contribution is 0.383. The molecule has 0 saturated heterocycles. The molecule has 0 bridgehead atoms. The lowest BCUT2D eigenvalue weighted by Gasteiger charge is -2.11. The third-order valence-corrected chi connectivity index (χ3v) is 5.27. The first kappa shape index (κ1) is 14.1. The zero-order chi connectivity index (χ0) is 12.1. The molecule has 0 radical (unpaired) electrons. The van der Waals surface area contributed by atoms with E-state index >= 15 is 0 Å². The van der Waals surface area contributed by atoms with E-state index < -0.39 is 0 Å². The molecule has 1 aromatic rings. The molecule has 1 aromatic carbocycles. The van der Waals surface area contributed by atoms with Gasteiger partial charge in [0.15, 0.2) is 0 Å². The molecule has 16 heavy (non-hydrogen) atoms. The number of halogens is 2. The van der Waals surface area contributed by atoms with Crippen molar-refractivity contribution in [1.82, 2.24) is 0 Å². The Labute approximate surface area is 113 Å². The Hall–Kier alpha value is 0.0300. The van der Waals surface area contributed by atoms with Gasteiger partial charge in [-0.1, -0.05) is 0 Å². The Morgan fingerprint density at radius 2 is 1.94 bits per heavy atom. The van der Waals surface area contributed by atoms with Gasteiger partial charge in [-0.3, -0.25) is 0 Å². The largest absolute Gasteiger partial charge is 0.447 e. The maximum Gasteiger partial charge on any atom is 0.247 e. The van der Waals surface area contributed by atoms with E-state index in [-0.39, 0.29) is 5.82 Å². The van der Waals surface area contributed by atoms with Crippen molar-refractivity contribution < 1.29 is 9.13 Å². The van der Waals surface area contributed by atoms with Gasteiger partial charge in [0.05, 0.1) is 3.57 Å². The zero-order valence-corrected chi connectivity index (χ0v) is 12.8. The van der Waals surface area contributed by atoms with E-state index in [4.69, 9.17) is 4.74 Å². The van der Waals surface area contributed by atoms with Crippen LogP contribution in [0.2, 0.25) is 0 Å². The standard InChI is InChI=1S/C12H17FIOS/c1-4-16(5-2)8-15-12-9(3)6-10(13)7-11(12)14/h6-7H,4-5,8H2,1-3H3/q+1. The number of ether oxygens (including phenoxy) is 1. The Bertz CT molecular complexity index is 330. The lowest BCUT2D eigenvalue weighted by atomic mass is 10.2. The van der Waals surface area contributed by atoms with Crippen LogP contribution < -0.4 is 4.74 Å². The van der Waals surface area contributed by atoms with E-state index in [1.54, 1.807) is 0 Å². The van der Waals surface area contributed by atoms with Crippen molar-refractivity contribution in [1.29, 1.82) is 0 Å². The minimum atomic E-state index is -0.195. The fourth-order valence-electron chi connectivity index (χ4n) is 1.38. The maximum absolute atomic E-state index is 13.1. The molecule has 0 unspecified atom stereocenters. The third-order valence-electron chi connectivity index (χ3n) is 2.38. The van der Waals surface area contributed by atoms with Crippen molar-refractivity contribution in [3.63, 3.8) is 0 Å². The maximum atomic E-state index is 13.1. The van der Waals surface area contributed by atoms with E-state index in [0.717, 1.165) is 32.3 Å². The van der Waals surface area contributed by atoms with Gasteiger partial charge in [-0.05, 0) is 61.1 Å². The smallest absolute Gasteiger partial charge is 0.247 e. The Balaban J connectivity index is 2.74. The van der Waals surface area contributed by atoms with Crippen LogP contribution in [0.1, 0.15) is 19.4 Å². The van der Waals surface area contributed by atoms with Crippen LogP contribution in [0.15, 0.2) is 12.1 Å². The van der Waals surface area contributed by atoms with Crippen molar-refractivity contribution in [2.24, 2.45) is 0 Å². The summed E-state index contributed by atoms with van der Waals surface area (Å²) in [7, 11) is 0.320. The molecule has 1 rings (SSSR count). The molecule has 0 amide bonds. The summed E-state index contributed by atoms with van der Waals surface area (Å²) in [5.74, 6) is 3.68. The molecule has 0 atom stereocenters. The predicted molar refractivity (Wildman–Crippen MR) is 77.8 cm³/mol. The first-order valence-corrected chi connectivity index (χ1v) is 8.12. The third kappa shape index (κ3) is 3.80. The van der Waals surface area contributed by atoms with Crippen molar-refractivity contribution in [2.45, 2.75) is 20.8 Å². The number of hydrogen-bond acceptors (Lipinski definition) is 1. The van der Waals surface area contributed by atoms with Gasteiger partial charge in [-0.2, -0.15) is 0 Å². The number of benzene rings is 1. The average Bonchev–Trinajstić information content (AvgIpc) is 2.22. The number of rotatable bonds is 5. The highest BCUT2D eigenvalue weighted by molar-refractivity contribution is 14.1.